The smallest absolute Gasteiger partial charge is 0.257 e. The lowest BCUT2D eigenvalue weighted by atomic mass is 10.0. The first kappa shape index (κ1) is 20.9. The molecule has 3 amide bonds. The van der Waals surface area contributed by atoms with Crippen LogP contribution in [0.25, 0.3) is 0 Å². The van der Waals surface area contributed by atoms with Crippen molar-refractivity contribution in [2.45, 2.75) is 33.1 Å². The second-order valence-electron chi connectivity index (χ2n) is 8.32. The zero-order valence-corrected chi connectivity index (χ0v) is 18.0. The van der Waals surface area contributed by atoms with Crippen molar-refractivity contribution in [1.29, 1.82) is 0 Å². The summed E-state index contributed by atoms with van der Waals surface area (Å²) in [6.45, 7) is 5.27. The average Bonchev–Trinajstić information content (AvgIpc) is 3.16. The first-order chi connectivity index (χ1) is 14.9. The fraction of sp³-hybridized carbons (Fsp3) is 0.375. The molecular formula is C24H28N4O3. The van der Waals surface area contributed by atoms with Gasteiger partial charge in [0.25, 0.3) is 5.91 Å². The van der Waals surface area contributed by atoms with Crippen LogP contribution >= 0.6 is 0 Å². The predicted molar refractivity (Wildman–Crippen MR) is 120 cm³/mol. The summed E-state index contributed by atoms with van der Waals surface area (Å²) in [5.41, 5.74) is 10.3. The van der Waals surface area contributed by atoms with E-state index in [1.54, 1.807) is 4.90 Å². The summed E-state index contributed by atoms with van der Waals surface area (Å²) >= 11 is 0. The lowest BCUT2D eigenvalue weighted by Gasteiger charge is -2.30. The van der Waals surface area contributed by atoms with E-state index in [-0.39, 0.29) is 30.7 Å². The number of nitrogens with zero attached hydrogens (tertiary/aromatic N) is 2. The Kier molecular flexibility index (Phi) is 5.93. The maximum Gasteiger partial charge on any atom is 0.257 e. The molecule has 2 aromatic carbocycles. The van der Waals surface area contributed by atoms with Gasteiger partial charge >= 0.3 is 0 Å². The summed E-state index contributed by atoms with van der Waals surface area (Å²) in [4.78, 5) is 41.2. The summed E-state index contributed by atoms with van der Waals surface area (Å²) in [5.74, 6) is -1.19. The Hall–Kier alpha value is -3.35. The van der Waals surface area contributed by atoms with Crippen LogP contribution in [-0.4, -0.2) is 37.4 Å². The lowest BCUT2D eigenvalue weighted by molar-refractivity contribution is -0.130. The van der Waals surface area contributed by atoms with E-state index in [0.29, 0.717) is 6.54 Å². The maximum atomic E-state index is 12.6. The molecule has 0 aromatic heterocycles. The van der Waals surface area contributed by atoms with Gasteiger partial charge < -0.3 is 9.80 Å². The van der Waals surface area contributed by atoms with E-state index < -0.39 is 5.92 Å². The van der Waals surface area contributed by atoms with Crippen molar-refractivity contribution in [3.05, 3.63) is 59.2 Å². The maximum absolute atomic E-state index is 12.6. The third-order valence-corrected chi connectivity index (χ3v) is 6.23. The first-order valence-corrected chi connectivity index (χ1v) is 10.7. The molecule has 2 aliphatic rings. The Morgan fingerprint density at radius 1 is 1.03 bits per heavy atom. The van der Waals surface area contributed by atoms with Gasteiger partial charge in [-0.2, -0.15) is 0 Å². The van der Waals surface area contributed by atoms with Gasteiger partial charge in [0.05, 0.1) is 12.5 Å². The number of amides is 3. The third-order valence-electron chi connectivity index (χ3n) is 6.23. The summed E-state index contributed by atoms with van der Waals surface area (Å²) < 4.78 is 0. The number of fused-ring (bicyclic) bond motifs is 1. The van der Waals surface area contributed by atoms with Crippen LogP contribution in [0.15, 0.2) is 42.5 Å². The summed E-state index contributed by atoms with van der Waals surface area (Å²) in [5, 5.41) is 0. The van der Waals surface area contributed by atoms with Gasteiger partial charge in [0.2, 0.25) is 11.8 Å². The predicted octanol–water partition coefficient (Wildman–Crippen LogP) is 2.26. The topological polar surface area (TPSA) is 81.8 Å². The molecule has 1 fully saturated rings. The number of aryl methyl sites for hydroxylation is 2. The zero-order valence-electron chi connectivity index (χ0n) is 18.0. The van der Waals surface area contributed by atoms with E-state index in [0.717, 1.165) is 41.9 Å². The first-order valence-electron chi connectivity index (χ1n) is 10.7. The molecule has 7 nitrogen and oxygen atoms in total. The van der Waals surface area contributed by atoms with Crippen molar-refractivity contribution < 1.29 is 14.4 Å². The number of carbonyl (C=O) groups excluding carboxylic acids is 3. The number of carbonyl (C=O) groups is 3. The van der Waals surface area contributed by atoms with Crippen LogP contribution in [0.4, 0.5) is 11.4 Å². The number of rotatable bonds is 4. The molecular weight excluding hydrogens is 392 g/mol. The largest absolute Gasteiger partial charge is 0.362 e. The number of anilines is 2. The van der Waals surface area contributed by atoms with Gasteiger partial charge in [0, 0.05) is 30.9 Å². The van der Waals surface area contributed by atoms with Gasteiger partial charge in [-0.05, 0) is 55.5 Å². The van der Waals surface area contributed by atoms with Crippen LogP contribution in [0.1, 0.15) is 29.5 Å². The molecule has 162 valence electrons. The molecule has 1 saturated heterocycles. The Bertz CT molecular complexity index is 1020. The molecule has 2 N–H and O–H groups in total. The molecule has 1 unspecified atom stereocenters. The second-order valence-corrected chi connectivity index (χ2v) is 8.32. The van der Waals surface area contributed by atoms with Crippen molar-refractivity contribution in [1.82, 2.24) is 10.9 Å². The van der Waals surface area contributed by atoms with Gasteiger partial charge in [-0.3, -0.25) is 25.2 Å². The van der Waals surface area contributed by atoms with E-state index in [9.17, 15) is 14.4 Å². The molecule has 31 heavy (non-hydrogen) atoms. The van der Waals surface area contributed by atoms with Crippen LogP contribution in [0.2, 0.25) is 0 Å². The Morgan fingerprint density at radius 2 is 1.81 bits per heavy atom. The Balaban J connectivity index is 1.32. The van der Waals surface area contributed by atoms with Crippen molar-refractivity contribution in [2.75, 3.05) is 29.4 Å². The van der Waals surface area contributed by atoms with Crippen molar-refractivity contribution in [2.24, 2.45) is 5.92 Å². The molecule has 4 rings (SSSR count). The third kappa shape index (κ3) is 4.40. The molecule has 0 spiro atoms. The van der Waals surface area contributed by atoms with Crippen molar-refractivity contribution in [3.8, 4) is 0 Å². The molecule has 2 aliphatic heterocycles. The van der Waals surface area contributed by atoms with Crippen molar-refractivity contribution >= 4 is 29.1 Å². The normalized spacial score (nSPS) is 18.0. The van der Waals surface area contributed by atoms with Crippen LogP contribution < -0.4 is 20.7 Å². The highest BCUT2D eigenvalue weighted by molar-refractivity contribution is 6.01. The summed E-state index contributed by atoms with van der Waals surface area (Å²) in [6.07, 6.45) is 2.14. The monoisotopic (exact) mass is 420 g/mol. The summed E-state index contributed by atoms with van der Waals surface area (Å²) in [6, 6.07) is 13.9. The zero-order chi connectivity index (χ0) is 22.0. The molecule has 2 heterocycles. The van der Waals surface area contributed by atoms with E-state index in [2.05, 4.69) is 16.9 Å². The van der Waals surface area contributed by atoms with Gasteiger partial charge in [0.15, 0.2) is 0 Å². The quantitative estimate of drug-likeness (QED) is 0.744. The van der Waals surface area contributed by atoms with Gasteiger partial charge in [-0.1, -0.05) is 30.3 Å². The molecule has 2 aromatic rings. The number of nitrogens with one attached hydrogen (secondary N) is 2. The van der Waals surface area contributed by atoms with Gasteiger partial charge in [-0.15, -0.1) is 0 Å². The Morgan fingerprint density at radius 3 is 2.65 bits per heavy atom. The highest BCUT2D eigenvalue weighted by Crippen LogP contribution is 2.29. The van der Waals surface area contributed by atoms with Crippen LogP contribution in [0, 0.1) is 19.8 Å². The highest BCUT2D eigenvalue weighted by Gasteiger charge is 2.36. The second kappa shape index (κ2) is 8.79. The van der Waals surface area contributed by atoms with Gasteiger partial charge in [0.1, 0.15) is 0 Å². The lowest BCUT2D eigenvalue weighted by Crippen LogP contribution is -2.49. The fourth-order valence-corrected chi connectivity index (χ4v) is 4.37. The van der Waals surface area contributed by atoms with E-state index in [1.807, 2.05) is 55.1 Å². The van der Waals surface area contributed by atoms with E-state index in [1.165, 1.54) is 5.56 Å². The van der Waals surface area contributed by atoms with Crippen LogP contribution in [0.3, 0.4) is 0 Å². The number of hydrazine groups is 1. The molecule has 0 saturated carbocycles. The summed E-state index contributed by atoms with van der Waals surface area (Å²) in [7, 11) is 0. The molecule has 0 aliphatic carbocycles. The SMILES string of the molecule is Cc1cccc(N2CC(C(=O)NNC(=O)CN3CCCc4ccccc43)CC2=O)c1C. The van der Waals surface area contributed by atoms with Crippen LogP contribution in [0.5, 0.6) is 0 Å². The molecule has 1 atom stereocenters. The Labute approximate surface area is 182 Å². The molecule has 0 radical (unpaired) electrons. The molecule has 7 heteroatoms. The highest BCUT2D eigenvalue weighted by atomic mass is 16.2. The van der Waals surface area contributed by atoms with Gasteiger partial charge in [-0.25, -0.2) is 0 Å². The standard InChI is InChI=1S/C24H28N4O3/c1-16-7-5-11-20(17(16)2)28-14-19(13-23(28)30)24(31)26-25-22(29)15-27-12-6-9-18-8-3-4-10-21(18)27/h3-5,7-8,10-11,19H,6,9,12-15H2,1-2H3,(H,25,29)(H,26,31). The van der Waals surface area contributed by atoms with Crippen molar-refractivity contribution in [3.63, 3.8) is 0 Å². The fourth-order valence-electron chi connectivity index (χ4n) is 4.37. The minimum atomic E-state index is -0.497. The average molecular weight is 421 g/mol. The molecule has 0 bridgehead atoms. The number of hydrogen-bond acceptors (Lipinski definition) is 4. The minimum absolute atomic E-state index is 0.0786. The van der Waals surface area contributed by atoms with E-state index in [4.69, 9.17) is 0 Å². The van der Waals surface area contributed by atoms with Crippen LogP contribution in [-0.2, 0) is 20.8 Å². The number of benzene rings is 2. The minimum Gasteiger partial charge on any atom is -0.362 e. The van der Waals surface area contributed by atoms with E-state index >= 15 is 0 Å². The number of hydrogen-bond donors (Lipinski definition) is 2. The number of para-hydroxylation sites is 1.